The van der Waals surface area contributed by atoms with Crippen molar-refractivity contribution in [1.29, 1.82) is 0 Å². The van der Waals surface area contributed by atoms with Crippen LogP contribution in [0.15, 0.2) is 24.3 Å². The van der Waals surface area contributed by atoms with Crippen molar-refractivity contribution >= 4 is 5.91 Å². The second-order valence-corrected chi connectivity index (χ2v) is 8.64. The van der Waals surface area contributed by atoms with Crippen LogP contribution in [0, 0.1) is 5.92 Å². The number of hydrazine groups is 1. The summed E-state index contributed by atoms with van der Waals surface area (Å²) in [7, 11) is 0. The summed E-state index contributed by atoms with van der Waals surface area (Å²) in [6.07, 6.45) is 5.60. The topological polar surface area (TPSA) is 87.4 Å². The van der Waals surface area contributed by atoms with Crippen LogP contribution in [0.5, 0.6) is 0 Å². The van der Waals surface area contributed by atoms with Crippen molar-refractivity contribution in [2.75, 3.05) is 0 Å². The van der Waals surface area contributed by atoms with Crippen molar-refractivity contribution in [2.45, 2.75) is 83.4 Å². The van der Waals surface area contributed by atoms with Crippen LogP contribution in [-0.4, -0.2) is 23.2 Å². The van der Waals surface area contributed by atoms with E-state index in [0.717, 1.165) is 18.4 Å². The number of hydrogen-bond acceptors (Lipinski definition) is 4. The van der Waals surface area contributed by atoms with Crippen molar-refractivity contribution < 1.29 is 9.90 Å². The predicted octanol–water partition coefficient (Wildman–Crippen LogP) is 2.76. The molecule has 1 aromatic carbocycles. The highest BCUT2D eigenvalue weighted by atomic mass is 16.3. The van der Waals surface area contributed by atoms with E-state index >= 15 is 0 Å². The average molecular weight is 362 g/mol. The van der Waals surface area contributed by atoms with E-state index in [0.29, 0.717) is 18.9 Å². The molecule has 0 spiro atoms. The van der Waals surface area contributed by atoms with Gasteiger partial charge in [-0.3, -0.25) is 10.2 Å². The Bertz CT molecular complexity index is 560. The van der Waals surface area contributed by atoms with Gasteiger partial charge in [-0.15, -0.1) is 0 Å². The predicted molar refractivity (Wildman–Crippen MR) is 105 cm³/mol. The molecule has 2 atom stereocenters. The number of carbonyl (C=O) groups is 1. The molecule has 0 saturated heterocycles. The fourth-order valence-electron chi connectivity index (χ4n) is 3.56. The third-order valence-electron chi connectivity index (χ3n) is 5.33. The Balaban J connectivity index is 1.73. The first-order valence-corrected chi connectivity index (χ1v) is 9.83. The molecule has 0 radical (unpaired) electrons. The fourth-order valence-corrected chi connectivity index (χ4v) is 3.56. The second kappa shape index (κ2) is 9.49. The zero-order chi connectivity index (χ0) is 19.2. The van der Waals surface area contributed by atoms with Crippen molar-refractivity contribution in [3.8, 4) is 0 Å². The highest BCUT2D eigenvalue weighted by Crippen LogP contribution is 2.27. The third kappa shape index (κ3) is 6.38. The maximum Gasteiger partial charge on any atom is 0.264 e. The van der Waals surface area contributed by atoms with Crippen molar-refractivity contribution in [3.05, 3.63) is 35.4 Å². The first-order valence-electron chi connectivity index (χ1n) is 9.83. The Hall–Kier alpha value is -1.43. The summed E-state index contributed by atoms with van der Waals surface area (Å²) in [5.74, 6) is 0.0788. The number of benzene rings is 1. The van der Waals surface area contributed by atoms with Gasteiger partial charge in [0.05, 0.1) is 0 Å². The number of amides is 1. The highest BCUT2D eigenvalue weighted by Gasteiger charge is 2.26. The quantitative estimate of drug-likeness (QED) is 0.563. The summed E-state index contributed by atoms with van der Waals surface area (Å²) in [4.78, 5) is 12.1. The molecule has 0 heterocycles. The van der Waals surface area contributed by atoms with E-state index in [2.05, 4.69) is 43.8 Å². The Labute approximate surface area is 157 Å². The Morgan fingerprint density at radius 1 is 1.19 bits per heavy atom. The van der Waals surface area contributed by atoms with Crippen LogP contribution in [-0.2, 0) is 16.8 Å². The standard InChI is InChI=1S/C21H35N3O2/c1-21(2,3)17-11-9-16(10-12-17)14-23-24-20(26)19(25)18(22)13-15-7-5-4-6-8-15/h9-12,15,18-19,23,25H,4-8,13-14,22H2,1-3H3,(H,24,26). The summed E-state index contributed by atoms with van der Waals surface area (Å²) in [5, 5.41) is 10.2. The molecule has 2 rings (SSSR count). The number of carbonyl (C=O) groups excluding carboxylic acids is 1. The van der Waals surface area contributed by atoms with Crippen LogP contribution < -0.4 is 16.6 Å². The van der Waals surface area contributed by atoms with Gasteiger partial charge in [0.2, 0.25) is 0 Å². The lowest BCUT2D eigenvalue weighted by molar-refractivity contribution is -0.131. The molecular formula is C21H35N3O2. The lowest BCUT2D eigenvalue weighted by Gasteiger charge is -2.26. The molecule has 2 unspecified atom stereocenters. The van der Waals surface area contributed by atoms with Gasteiger partial charge in [0.1, 0.15) is 6.10 Å². The molecule has 26 heavy (non-hydrogen) atoms. The molecule has 1 saturated carbocycles. The molecule has 1 aliphatic rings. The van der Waals surface area contributed by atoms with E-state index in [9.17, 15) is 9.90 Å². The third-order valence-corrected chi connectivity index (χ3v) is 5.33. The SMILES string of the molecule is CC(C)(C)c1ccc(CNNC(=O)C(O)C(N)CC2CCCCC2)cc1. The van der Waals surface area contributed by atoms with Gasteiger partial charge < -0.3 is 10.8 Å². The Morgan fingerprint density at radius 3 is 2.38 bits per heavy atom. The van der Waals surface area contributed by atoms with E-state index in [4.69, 9.17) is 5.73 Å². The Morgan fingerprint density at radius 2 is 1.81 bits per heavy atom. The summed E-state index contributed by atoms with van der Waals surface area (Å²) in [5.41, 5.74) is 14.0. The van der Waals surface area contributed by atoms with Crippen molar-refractivity contribution in [2.24, 2.45) is 11.7 Å². The Kier molecular flexibility index (Phi) is 7.62. The van der Waals surface area contributed by atoms with E-state index in [1.807, 2.05) is 12.1 Å². The molecular weight excluding hydrogens is 326 g/mol. The van der Waals surface area contributed by atoms with Crippen LogP contribution in [0.25, 0.3) is 0 Å². The summed E-state index contributed by atoms with van der Waals surface area (Å²) in [6.45, 7) is 7.04. The van der Waals surface area contributed by atoms with Gasteiger partial charge in [0.15, 0.2) is 0 Å². The molecule has 1 aromatic rings. The molecule has 0 aliphatic heterocycles. The van der Waals surface area contributed by atoms with Gasteiger partial charge in [-0.05, 0) is 28.9 Å². The number of nitrogens with one attached hydrogen (secondary N) is 2. The molecule has 0 bridgehead atoms. The molecule has 5 heteroatoms. The fraction of sp³-hybridized carbons (Fsp3) is 0.667. The van der Waals surface area contributed by atoms with Gasteiger partial charge >= 0.3 is 0 Å². The van der Waals surface area contributed by atoms with E-state index in [1.54, 1.807) is 0 Å². The van der Waals surface area contributed by atoms with Crippen LogP contribution in [0.4, 0.5) is 0 Å². The summed E-state index contributed by atoms with van der Waals surface area (Å²) < 4.78 is 0. The molecule has 5 nitrogen and oxygen atoms in total. The number of nitrogens with two attached hydrogens (primary N) is 1. The molecule has 1 amide bonds. The second-order valence-electron chi connectivity index (χ2n) is 8.64. The number of aliphatic hydroxyl groups excluding tert-OH is 1. The first kappa shape index (κ1) is 20.9. The van der Waals surface area contributed by atoms with E-state index in [1.165, 1.54) is 24.8 Å². The van der Waals surface area contributed by atoms with Crippen molar-refractivity contribution in [3.63, 3.8) is 0 Å². The molecule has 1 fully saturated rings. The minimum atomic E-state index is -1.17. The lowest BCUT2D eigenvalue weighted by Crippen LogP contribution is -2.50. The largest absolute Gasteiger partial charge is 0.382 e. The van der Waals surface area contributed by atoms with Gasteiger partial charge in [0.25, 0.3) is 5.91 Å². The zero-order valence-corrected chi connectivity index (χ0v) is 16.4. The van der Waals surface area contributed by atoms with Gasteiger partial charge in [-0.2, -0.15) is 0 Å². The van der Waals surface area contributed by atoms with Crippen molar-refractivity contribution in [1.82, 2.24) is 10.9 Å². The maximum atomic E-state index is 12.1. The number of rotatable bonds is 7. The van der Waals surface area contributed by atoms with Crippen LogP contribution in [0.3, 0.4) is 0 Å². The lowest BCUT2D eigenvalue weighted by atomic mass is 9.84. The first-order chi connectivity index (χ1) is 12.3. The summed E-state index contributed by atoms with van der Waals surface area (Å²) in [6, 6.07) is 7.79. The van der Waals surface area contributed by atoms with Crippen LogP contribution in [0.2, 0.25) is 0 Å². The molecule has 146 valence electrons. The van der Waals surface area contributed by atoms with Gasteiger partial charge in [0, 0.05) is 12.6 Å². The minimum absolute atomic E-state index is 0.124. The molecule has 0 aromatic heterocycles. The van der Waals surface area contributed by atoms with E-state index in [-0.39, 0.29) is 5.41 Å². The smallest absolute Gasteiger partial charge is 0.264 e. The zero-order valence-electron chi connectivity index (χ0n) is 16.4. The molecule has 5 N–H and O–H groups in total. The summed E-state index contributed by atoms with van der Waals surface area (Å²) >= 11 is 0. The maximum absolute atomic E-state index is 12.1. The molecule has 1 aliphatic carbocycles. The highest BCUT2D eigenvalue weighted by molar-refractivity contribution is 5.80. The van der Waals surface area contributed by atoms with Gasteiger partial charge in [-0.1, -0.05) is 77.1 Å². The number of hydrogen-bond donors (Lipinski definition) is 4. The normalized spacial score (nSPS) is 18.3. The number of aliphatic hydroxyl groups is 1. The monoisotopic (exact) mass is 361 g/mol. The van der Waals surface area contributed by atoms with Crippen LogP contribution in [0.1, 0.15) is 70.4 Å². The van der Waals surface area contributed by atoms with Gasteiger partial charge in [-0.25, -0.2) is 5.43 Å². The van der Waals surface area contributed by atoms with E-state index < -0.39 is 18.1 Å². The van der Waals surface area contributed by atoms with Crippen LogP contribution >= 0.6 is 0 Å². The average Bonchev–Trinajstić information content (AvgIpc) is 2.61. The minimum Gasteiger partial charge on any atom is -0.382 e.